The van der Waals surface area contributed by atoms with Crippen molar-refractivity contribution in [2.24, 2.45) is 0 Å². The summed E-state index contributed by atoms with van der Waals surface area (Å²) in [4.78, 5) is 37.6. The number of aromatic nitrogens is 4. The van der Waals surface area contributed by atoms with E-state index in [0.717, 1.165) is 50.9 Å². The predicted octanol–water partition coefficient (Wildman–Crippen LogP) is 4.05. The average molecular weight is 601 g/mol. The Morgan fingerprint density at radius 2 is 1.57 bits per heavy atom. The molecule has 0 aliphatic heterocycles. The third-order valence-corrected chi connectivity index (χ3v) is 7.22. The lowest BCUT2D eigenvalue weighted by Crippen LogP contribution is -2.22. The zero-order valence-corrected chi connectivity index (χ0v) is 21.7. The maximum Gasteiger partial charge on any atom is 0.260 e. The molecule has 1 atom stereocenters. The first-order valence-corrected chi connectivity index (χ1v) is 12.5. The predicted molar refractivity (Wildman–Crippen MR) is 147 cm³/mol. The summed E-state index contributed by atoms with van der Waals surface area (Å²) in [5.41, 5.74) is 17.8. The van der Waals surface area contributed by atoms with Crippen LogP contribution in [0.2, 0.25) is 5.02 Å². The number of hydrogen-bond acceptors (Lipinski definition) is 6. The number of benzene rings is 2. The Bertz CT molecular complexity index is 1600. The first-order valence-electron chi connectivity index (χ1n) is 11.1. The number of nitrogens with two attached hydrogens (primary N) is 2. The first-order chi connectivity index (χ1) is 16.7. The number of nitrogen functional groups attached to an aromatic ring is 2. The van der Waals surface area contributed by atoms with Crippen molar-refractivity contribution in [3.05, 3.63) is 88.2 Å². The Hall–Kier alpha value is -3.18. The number of hydrogen-bond donors (Lipinski definition) is 4. The highest BCUT2D eigenvalue weighted by molar-refractivity contribution is 14.1. The topological polar surface area (TPSA) is 144 Å². The largest absolute Gasteiger partial charge is 0.369 e. The Kier molecular flexibility index (Phi) is 6.14. The summed E-state index contributed by atoms with van der Waals surface area (Å²) in [6.07, 6.45) is 2.41. The van der Waals surface area contributed by atoms with Crippen molar-refractivity contribution < 1.29 is 0 Å². The van der Waals surface area contributed by atoms with Crippen molar-refractivity contribution in [3.8, 4) is 22.3 Å². The van der Waals surface area contributed by atoms with Gasteiger partial charge in [-0.05, 0) is 94.3 Å². The molecule has 0 bridgehead atoms. The molecule has 2 aromatic heterocycles. The molecule has 6 rings (SSSR count). The van der Waals surface area contributed by atoms with Crippen molar-refractivity contribution in [2.75, 3.05) is 11.5 Å². The molecule has 0 saturated carbocycles. The minimum absolute atomic E-state index is 0.143. The van der Waals surface area contributed by atoms with Gasteiger partial charge in [0.2, 0.25) is 11.9 Å². The zero-order chi connectivity index (χ0) is 24.9. The lowest BCUT2D eigenvalue weighted by atomic mass is 9.82. The van der Waals surface area contributed by atoms with Gasteiger partial charge in [-0.3, -0.25) is 19.6 Å². The second-order valence-corrected chi connectivity index (χ2v) is 10.4. The van der Waals surface area contributed by atoms with Crippen LogP contribution in [0.5, 0.6) is 0 Å². The second-order valence-electron chi connectivity index (χ2n) is 8.68. The van der Waals surface area contributed by atoms with Crippen LogP contribution >= 0.6 is 34.2 Å². The molecule has 2 aromatic carbocycles. The number of fused-ring (bicyclic) bond motifs is 6. The first kappa shape index (κ1) is 23.6. The van der Waals surface area contributed by atoms with E-state index in [0.29, 0.717) is 22.1 Å². The molecule has 2 heterocycles. The Morgan fingerprint density at radius 3 is 2.29 bits per heavy atom. The van der Waals surface area contributed by atoms with Gasteiger partial charge in [0, 0.05) is 8.59 Å². The molecule has 8 nitrogen and oxygen atoms in total. The molecular weight excluding hydrogens is 579 g/mol. The molecule has 4 aromatic rings. The van der Waals surface area contributed by atoms with Gasteiger partial charge in [0.25, 0.3) is 11.1 Å². The van der Waals surface area contributed by atoms with Gasteiger partial charge in [-0.25, -0.2) is 9.97 Å². The van der Waals surface area contributed by atoms with Gasteiger partial charge in [-0.2, -0.15) is 0 Å². The summed E-state index contributed by atoms with van der Waals surface area (Å²) in [6.45, 7) is 2.11. The molecule has 0 radical (unpaired) electrons. The van der Waals surface area contributed by atoms with Gasteiger partial charge in [0.15, 0.2) is 0 Å². The van der Waals surface area contributed by atoms with E-state index in [1.165, 1.54) is 5.56 Å². The highest BCUT2D eigenvalue weighted by Gasteiger charge is 2.26. The lowest BCUT2D eigenvalue weighted by molar-refractivity contribution is 0.726. The highest BCUT2D eigenvalue weighted by Crippen LogP contribution is 2.38. The molecule has 0 amide bonds. The fourth-order valence-corrected chi connectivity index (χ4v) is 5.45. The molecule has 0 fully saturated rings. The van der Waals surface area contributed by atoms with E-state index >= 15 is 0 Å². The Balaban J connectivity index is 0.000000145. The van der Waals surface area contributed by atoms with Crippen LogP contribution < -0.4 is 22.6 Å². The minimum Gasteiger partial charge on any atom is -0.369 e. The number of aryl methyl sites for hydroxylation is 2. The second kappa shape index (κ2) is 9.12. The Labute approximate surface area is 219 Å². The highest BCUT2D eigenvalue weighted by atomic mass is 127. The van der Waals surface area contributed by atoms with E-state index in [9.17, 15) is 9.59 Å². The van der Waals surface area contributed by atoms with E-state index < -0.39 is 0 Å². The summed E-state index contributed by atoms with van der Waals surface area (Å²) in [5, 5.41) is 0.616. The lowest BCUT2D eigenvalue weighted by Gasteiger charge is -2.23. The van der Waals surface area contributed by atoms with Gasteiger partial charge in [0.05, 0.1) is 22.5 Å². The molecule has 178 valence electrons. The minimum atomic E-state index is -0.201. The van der Waals surface area contributed by atoms with E-state index in [1.54, 1.807) is 0 Å². The third-order valence-electron chi connectivity index (χ3n) is 6.31. The maximum atomic E-state index is 12.0. The fourth-order valence-electron chi connectivity index (χ4n) is 4.79. The van der Waals surface area contributed by atoms with Crippen LogP contribution in [0.25, 0.3) is 22.3 Å². The number of nitrogens with zero attached hydrogens (tertiary/aromatic N) is 2. The summed E-state index contributed by atoms with van der Waals surface area (Å²) >= 11 is 8.26. The summed E-state index contributed by atoms with van der Waals surface area (Å²) < 4.78 is 1.12. The van der Waals surface area contributed by atoms with Crippen molar-refractivity contribution >= 4 is 46.1 Å². The van der Waals surface area contributed by atoms with Crippen molar-refractivity contribution in [1.82, 2.24) is 19.9 Å². The van der Waals surface area contributed by atoms with Gasteiger partial charge >= 0.3 is 0 Å². The number of nitrogens with one attached hydrogen (secondary N) is 2. The van der Waals surface area contributed by atoms with Gasteiger partial charge < -0.3 is 11.5 Å². The van der Waals surface area contributed by atoms with Crippen LogP contribution in [0.4, 0.5) is 11.9 Å². The molecule has 2 aliphatic rings. The van der Waals surface area contributed by atoms with Crippen molar-refractivity contribution in [3.63, 3.8) is 0 Å². The van der Waals surface area contributed by atoms with Gasteiger partial charge in [-0.1, -0.05) is 30.7 Å². The van der Waals surface area contributed by atoms with Crippen LogP contribution in [0, 0.1) is 3.57 Å². The van der Waals surface area contributed by atoms with E-state index in [4.69, 9.17) is 23.1 Å². The standard InChI is InChI=1S/C13H12ClN3O.C12H10IN3O/c1-6-4-10-11(12(18)17-13(15)16-10)9-5-7(14)2-3-8(6)9;13-7-3-1-6-2-4-9-10(8(6)5-7)11(17)16-12(14)15-9/h2-3,5-6H,4H2,1H3,(H3,15,16,17,18);1,3,5H,2,4H2,(H3,14,15,16,17). The fraction of sp³-hybridized carbons (Fsp3) is 0.200. The van der Waals surface area contributed by atoms with Crippen LogP contribution in [-0.2, 0) is 19.3 Å². The van der Waals surface area contributed by atoms with E-state index in [1.807, 2.05) is 24.3 Å². The van der Waals surface area contributed by atoms with Crippen LogP contribution in [-0.4, -0.2) is 19.9 Å². The monoisotopic (exact) mass is 600 g/mol. The molecule has 0 spiro atoms. The normalized spacial score (nSPS) is 15.1. The molecule has 0 saturated heterocycles. The number of halogens is 2. The summed E-state index contributed by atoms with van der Waals surface area (Å²) in [7, 11) is 0. The van der Waals surface area contributed by atoms with Crippen LogP contribution in [0.1, 0.15) is 35.4 Å². The zero-order valence-electron chi connectivity index (χ0n) is 18.8. The third kappa shape index (κ3) is 4.45. The van der Waals surface area contributed by atoms with Crippen molar-refractivity contribution in [1.29, 1.82) is 0 Å². The van der Waals surface area contributed by atoms with Gasteiger partial charge in [-0.15, -0.1) is 0 Å². The molecular formula is C25H22ClIN6O2. The van der Waals surface area contributed by atoms with Crippen LogP contribution in [0.3, 0.4) is 0 Å². The summed E-state index contributed by atoms with van der Waals surface area (Å²) in [5.74, 6) is 0.665. The van der Waals surface area contributed by atoms with E-state index in [2.05, 4.69) is 61.6 Å². The van der Waals surface area contributed by atoms with Crippen LogP contribution in [0.15, 0.2) is 46.0 Å². The number of H-pyrrole nitrogens is 2. The molecule has 6 N–H and O–H groups in total. The number of anilines is 2. The average Bonchev–Trinajstić information content (AvgIpc) is 2.78. The quantitative estimate of drug-likeness (QED) is 0.224. The van der Waals surface area contributed by atoms with Crippen molar-refractivity contribution in [2.45, 2.75) is 32.1 Å². The van der Waals surface area contributed by atoms with Gasteiger partial charge in [0.1, 0.15) is 0 Å². The summed E-state index contributed by atoms with van der Waals surface area (Å²) in [6, 6.07) is 11.8. The smallest absolute Gasteiger partial charge is 0.260 e. The number of aromatic amines is 2. The number of rotatable bonds is 0. The maximum absolute atomic E-state index is 12.0. The molecule has 2 aliphatic carbocycles. The molecule has 1 unspecified atom stereocenters. The Morgan fingerprint density at radius 1 is 0.914 bits per heavy atom. The SMILES string of the molecule is CC1Cc2nc(N)[nH]c(=O)c2-c2cc(Cl)ccc21.Nc1nc2c(c(=O)[nH]1)-c1cc(I)ccc1CC2. The molecule has 35 heavy (non-hydrogen) atoms. The van der Waals surface area contributed by atoms with E-state index in [-0.39, 0.29) is 23.0 Å². The molecule has 10 heteroatoms.